The van der Waals surface area contributed by atoms with Crippen LogP contribution in [0.2, 0.25) is 0 Å². The zero-order chi connectivity index (χ0) is 21.6. The molecule has 0 saturated heterocycles. The van der Waals surface area contributed by atoms with E-state index in [4.69, 9.17) is 4.42 Å². The van der Waals surface area contributed by atoms with Crippen molar-refractivity contribution in [1.82, 2.24) is 0 Å². The molecule has 30 heavy (non-hydrogen) atoms. The van der Waals surface area contributed by atoms with Gasteiger partial charge in [0.2, 0.25) is 0 Å². The lowest BCUT2D eigenvalue weighted by molar-refractivity contribution is -0.122. The summed E-state index contributed by atoms with van der Waals surface area (Å²) < 4.78 is 7.39. The quantitative estimate of drug-likeness (QED) is 0.535. The van der Waals surface area contributed by atoms with Crippen LogP contribution in [0.4, 0.5) is 5.69 Å². The normalized spacial score (nSPS) is 15.5. The van der Waals surface area contributed by atoms with Gasteiger partial charge in [-0.1, -0.05) is 20.8 Å². The second-order valence-electron chi connectivity index (χ2n) is 7.59. The number of carbonyl (C=O) groups is 1. The lowest BCUT2D eigenvalue weighted by Crippen LogP contribution is -2.41. The Balaban J connectivity index is 2.04. The fourth-order valence-electron chi connectivity index (χ4n) is 4.43. The smallest absolute Gasteiger partial charge is 0.196 e. The standard InChI is InChI=1S/C24H25NO4S/c1-5-14-21(27)20-17(26)11-18(29-23(20)24(6-2,7-3)22(14)28)16-12-30-19-9-8-13(25-4)10-15(16)19/h8-12,25,27H,5-7H2,1-4H3. The third kappa shape index (κ3) is 2.74. The number of hydrogen-bond acceptors (Lipinski definition) is 6. The Bertz CT molecular complexity index is 1240. The van der Waals surface area contributed by atoms with Crippen LogP contribution in [0.5, 0.6) is 0 Å². The van der Waals surface area contributed by atoms with Gasteiger partial charge in [0, 0.05) is 45.4 Å². The minimum atomic E-state index is -0.940. The monoisotopic (exact) mass is 423 g/mol. The van der Waals surface area contributed by atoms with Crippen LogP contribution in [0.3, 0.4) is 0 Å². The zero-order valence-corrected chi connectivity index (χ0v) is 18.4. The number of carbonyl (C=O) groups excluding carboxylic acids is 1. The molecule has 0 aliphatic heterocycles. The molecule has 0 radical (unpaired) electrons. The lowest BCUT2D eigenvalue weighted by Gasteiger charge is -2.35. The third-order valence-electron chi connectivity index (χ3n) is 6.30. The van der Waals surface area contributed by atoms with Crippen LogP contribution in [0.15, 0.2) is 44.4 Å². The fraction of sp³-hybridized carbons (Fsp3) is 0.333. The van der Waals surface area contributed by atoms with Crippen LogP contribution in [-0.2, 0) is 10.2 Å². The maximum absolute atomic E-state index is 13.3. The predicted molar refractivity (Wildman–Crippen MR) is 122 cm³/mol. The molecule has 2 aromatic heterocycles. The van der Waals surface area contributed by atoms with Gasteiger partial charge in [0.25, 0.3) is 0 Å². The van der Waals surface area contributed by atoms with Gasteiger partial charge < -0.3 is 14.8 Å². The molecule has 1 aliphatic carbocycles. The molecular formula is C24H25NO4S. The number of anilines is 1. The number of rotatable bonds is 5. The van der Waals surface area contributed by atoms with Crippen molar-refractivity contribution < 1.29 is 14.3 Å². The molecule has 0 unspecified atom stereocenters. The fourth-order valence-corrected chi connectivity index (χ4v) is 5.36. The minimum absolute atomic E-state index is 0.134. The highest BCUT2D eigenvalue weighted by molar-refractivity contribution is 7.17. The van der Waals surface area contributed by atoms with Gasteiger partial charge in [-0.25, -0.2) is 0 Å². The Hall–Kier alpha value is -2.86. The van der Waals surface area contributed by atoms with Crippen LogP contribution >= 0.6 is 11.3 Å². The van der Waals surface area contributed by atoms with Crippen molar-refractivity contribution in [3.63, 3.8) is 0 Å². The highest BCUT2D eigenvalue weighted by Gasteiger charge is 2.48. The molecule has 0 bridgehead atoms. The van der Waals surface area contributed by atoms with E-state index in [1.807, 2.05) is 51.4 Å². The molecule has 0 spiro atoms. The summed E-state index contributed by atoms with van der Waals surface area (Å²) in [7, 11) is 1.86. The summed E-state index contributed by atoms with van der Waals surface area (Å²) in [6, 6.07) is 7.48. The number of aliphatic hydroxyl groups excluding tert-OH is 1. The Morgan fingerprint density at radius 2 is 1.87 bits per heavy atom. The number of nitrogens with one attached hydrogen (secondary N) is 1. The van der Waals surface area contributed by atoms with Gasteiger partial charge in [0.05, 0.1) is 5.41 Å². The average molecular weight is 424 g/mol. The summed E-state index contributed by atoms with van der Waals surface area (Å²) in [5, 5.41) is 16.8. The number of aliphatic hydroxyl groups is 1. The van der Waals surface area contributed by atoms with Crippen LogP contribution in [0.1, 0.15) is 51.4 Å². The number of allylic oxidation sites excluding steroid dienone is 1. The molecule has 0 fully saturated rings. The lowest BCUT2D eigenvalue weighted by atomic mass is 9.68. The van der Waals surface area contributed by atoms with E-state index < -0.39 is 5.41 Å². The largest absolute Gasteiger partial charge is 0.507 e. The van der Waals surface area contributed by atoms with Crippen molar-refractivity contribution in [1.29, 1.82) is 0 Å². The molecule has 4 rings (SSSR count). The number of benzene rings is 1. The summed E-state index contributed by atoms with van der Waals surface area (Å²) in [6.45, 7) is 5.66. The first-order valence-electron chi connectivity index (χ1n) is 10.3. The summed E-state index contributed by atoms with van der Waals surface area (Å²) in [4.78, 5) is 26.5. The summed E-state index contributed by atoms with van der Waals surface area (Å²) in [6.07, 6.45) is 1.36. The van der Waals surface area contributed by atoms with E-state index >= 15 is 0 Å². The predicted octanol–water partition coefficient (Wildman–Crippen LogP) is 5.88. The van der Waals surface area contributed by atoms with Gasteiger partial charge in [0.1, 0.15) is 22.8 Å². The van der Waals surface area contributed by atoms with Crippen molar-refractivity contribution in [2.24, 2.45) is 0 Å². The van der Waals surface area contributed by atoms with E-state index in [1.165, 1.54) is 6.07 Å². The van der Waals surface area contributed by atoms with E-state index in [-0.39, 0.29) is 22.5 Å². The topological polar surface area (TPSA) is 79.5 Å². The van der Waals surface area contributed by atoms with E-state index in [0.717, 1.165) is 21.3 Å². The molecule has 2 N–H and O–H groups in total. The average Bonchev–Trinajstić information content (AvgIpc) is 3.17. The van der Waals surface area contributed by atoms with Crippen molar-refractivity contribution in [3.05, 3.63) is 56.8 Å². The molecule has 0 atom stereocenters. The van der Waals surface area contributed by atoms with Gasteiger partial charge in [0.15, 0.2) is 11.2 Å². The Morgan fingerprint density at radius 1 is 1.13 bits per heavy atom. The highest BCUT2D eigenvalue weighted by atomic mass is 32.1. The van der Waals surface area contributed by atoms with Gasteiger partial charge in [-0.3, -0.25) is 9.59 Å². The van der Waals surface area contributed by atoms with Crippen LogP contribution < -0.4 is 10.7 Å². The molecular weight excluding hydrogens is 398 g/mol. The SMILES string of the molecule is CCC1=C(O)c2c(oc(-c3csc4ccc(NC)cc34)cc2=O)C(CC)(CC)C1=O. The summed E-state index contributed by atoms with van der Waals surface area (Å²) in [5.41, 5.74) is 0.953. The van der Waals surface area contributed by atoms with Crippen molar-refractivity contribution in [2.75, 3.05) is 12.4 Å². The minimum Gasteiger partial charge on any atom is -0.507 e. The maximum Gasteiger partial charge on any atom is 0.196 e. The Morgan fingerprint density at radius 3 is 2.50 bits per heavy atom. The highest BCUT2D eigenvalue weighted by Crippen LogP contribution is 2.45. The first-order chi connectivity index (χ1) is 14.4. The molecule has 1 aromatic carbocycles. The van der Waals surface area contributed by atoms with Gasteiger partial charge in [-0.2, -0.15) is 0 Å². The number of ketones is 1. The van der Waals surface area contributed by atoms with Gasteiger partial charge in [-0.05, 0) is 37.5 Å². The molecule has 6 heteroatoms. The summed E-state index contributed by atoms with van der Waals surface area (Å²) >= 11 is 1.57. The van der Waals surface area contributed by atoms with Crippen molar-refractivity contribution >= 4 is 38.7 Å². The van der Waals surface area contributed by atoms with Gasteiger partial charge >= 0.3 is 0 Å². The molecule has 1 aliphatic rings. The summed E-state index contributed by atoms with van der Waals surface area (Å²) in [5.74, 6) is 0.333. The molecule has 0 amide bonds. The third-order valence-corrected chi connectivity index (χ3v) is 7.27. The zero-order valence-electron chi connectivity index (χ0n) is 17.6. The molecule has 156 valence electrons. The first-order valence-corrected chi connectivity index (χ1v) is 11.1. The van der Waals surface area contributed by atoms with E-state index in [9.17, 15) is 14.7 Å². The van der Waals surface area contributed by atoms with Crippen LogP contribution in [-0.4, -0.2) is 17.9 Å². The maximum atomic E-state index is 13.3. The van der Waals surface area contributed by atoms with Crippen molar-refractivity contribution in [2.45, 2.75) is 45.4 Å². The van der Waals surface area contributed by atoms with E-state index in [2.05, 4.69) is 5.32 Å². The first kappa shape index (κ1) is 20.4. The second kappa shape index (κ2) is 7.43. The second-order valence-corrected chi connectivity index (χ2v) is 8.50. The van der Waals surface area contributed by atoms with Crippen LogP contribution in [0, 0.1) is 0 Å². The molecule has 0 saturated carbocycles. The number of Topliss-reactive ketones (excluding diaryl/α,β-unsaturated/α-hetero) is 1. The number of thiophene rings is 1. The van der Waals surface area contributed by atoms with Gasteiger partial charge in [-0.15, -0.1) is 11.3 Å². The number of fused-ring (bicyclic) bond motifs is 2. The number of hydrogen-bond donors (Lipinski definition) is 2. The molecule has 2 heterocycles. The van der Waals surface area contributed by atoms with E-state index in [0.29, 0.717) is 36.4 Å². The molecule has 3 aromatic rings. The Kier molecular flexibility index (Phi) is 5.06. The van der Waals surface area contributed by atoms with Crippen LogP contribution in [0.25, 0.3) is 27.2 Å². The molecule has 5 nitrogen and oxygen atoms in total. The van der Waals surface area contributed by atoms with E-state index in [1.54, 1.807) is 11.3 Å². The van der Waals surface area contributed by atoms with Crippen molar-refractivity contribution in [3.8, 4) is 11.3 Å². The Labute approximate surface area is 179 Å².